The molecule has 0 amide bonds. The van der Waals surface area contributed by atoms with Crippen LogP contribution in [0.1, 0.15) is 17.5 Å². The summed E-state index contributed by atoms with van der Waals surface area (Å²) in [4.78, 5) is 2.12. The summed E-state index contributed by atoms with van der Waals surface area (Å²) in [6.45, 7) is 0.942. The van der Waals surface area contributed by atoms with Crippen LogP contribution < -0.4 is 21.2 Å². The molecule has 0 atom stereocenters. The maximum absolute atomic E-state index is 6.24. The molecule has 0 saturated heterocycles. The Morgan fingerprint density at radius 1 is 1.55 bits per heavy atom. The van der Waals surface area contributed by atoms with Crippen molar-refractivity contribution >= 4 is 23.1 Å². The Kier molecular flexibility index (Phi) is 6.09. The predicted octanol–water partition coefficient (Wildman–Crippen LogP) is 1.60. The number of nitrogens with two attached hydrogens (primary N) is 2. The monoisotopic (exact) mass is 388 g/mol. The molecule has 2 rings (SSSR count). The van der Waals surface area contributed by atoms with Crippen LogP contribution in [0, 0.1) is 0 Å². The molecule has 0 aliphatic carbocycles. The number of aryl methyl sites for hydroxylation is 1. The number of fused-ring (bicyclic) bond motifs is 1. The van der Waals surface area contributed by atoms with E-state index in [1.165, 1.54) is 0 Å². The van der Waals surface area contributed by atoms with E-state index < -0.39 is 0 Å². The van der Waals surface area contributed by atoms with Crippen molar-refractivity contribution in [2.45, 2.75) is 12.8 Å². The average Bonchev–Trinajstić information content (AvgIpc) is 2.37. The van der Waals surface area contributed by atoms with Gasteiger partial charge in [-0.05, 0) is 24.5 Å². The Hall–Kier alpha value is -0.998. The Labute approximate surface area is 137 Å². The number of amidine groups is 1. The van der Waals surface area contributed by atoms with Gasteiger partial charge in [-0.25, -0.2) is 0 Å². The van der Waals surface area contributed by atoms with Gasteiger partial charge in [0.15, 0.2) is 0 Å². The van der Waals surface area contributed by atoms with E-state index in [0.717, 1.165) is 30.6 Å². The Morgan fingerprint density at radius 3 is 2.85 bits per heavy atom. The second-order valence-electron chi connectivity index (χ2n) is 4.40. The third-order valence-electron chi connectivity index (χ3n) is 3.23. The van der Waals surface area contributed by atoms with Gasteiger partial charge in [-0.2, -0.15) is 0 Å². The fourth-order valence-electron chi connectivity index (χ4n) is 2.47. The van der Waals surface area contributed by atoms with Gasteiger partial charge >= 0.3 is 0 Å². The van der Waals surface area contributed by atoms with Crippen LogP contribution in [0.2, 0.25) is 5.02 Å². The van der Waals surface area contributed by atoms with Crippen LogP contribution >= 0.6 is 11.6 Å². The van der Waals surface area contributed by atoms with E-state index in [4.69, 9.17) is 27.9 Å². The first kappa shape index (κ1) is 17.1. The normalized spacial score (nSPS) is 14.4. The molecule has 6 nitrogen and oxygen atoms in total. The molecule has 0 aromatic heterocycles. The minimum absolute atomic E-state index is 0. The number of methoxy groups -OCH3 is 1. The van der Waals surface area contributed by atoms with Crippen LogP contribution in [0.3, 0.4) is 0 Å². The Bertz CT molecular complexity index is 523. The van der Waals surface area contributed by atoms with E-state index in [1.54, 1.807) is 7.11 Å². The number of ether oxygens (including phenoxy) is 1. The Morgan fingerprint density at radius 2 is 2.25 bits per heavy atom. The molecule has 1 aromatic rings. The fraction of sp³-hybridized carbons (Fsp3) is 0.417. The van der Waals surface area contributed by atoms with Crippen molar-refractivity contribution < 1.29 is 25.2 Å². The van der Waals surface area contributed by atoms with Crippen molar-refractivity contribution in [1.29, 1.82) is 0 Å². The molecule has 8 heteroatoms. The van der Waals surface area contributed by atoms with Gasteiger partial charge in [0.2, 0.25) is 0 Å². The van der Waals surface area contributed by atoms with Gasteiger partial charge in [0, 0.05) is 34.0 Å². The van der Waals surface area contributed by atoms with Gasteiger partial charge in [-0.3, -0.25) is 0 Å². The van der Waals surface area contributed by atoms with Gasteiger partial charge in [0.1, 0.15) is 11.6 Å². The first-order valence-electron chi connectivity index (χ1n) is 5.94. The molecule has 1 heterocycles. The Balaban J connectivity index is 0.00000200. The van der Waals surface area contributed by atoms with Crippen molar-refractivity contribution in [2.24, 2.45) is 16.7 Å². The quantitative estimate of drug-likeness (QED) is 0.270. The van der Waals surface area contributed by atoms with Crippen molar-refractivity contribution in [3.63, 3.8) is 0 Å². The van der Waals surface area contributed by atoms with Gasteiger partial charge < -0.3 is 31.8 Å². The molecule has 114 valence electrons. The van der Waals surface area contributed by atoms with E-state index >= 15 is 0 Å². The molecule has 0 fully saturated rings. The van der Waals surface area contributed by atoms with Crippen molar-refractivity contribution in [3.05, 3.63) is 27.8 Å². The summed E-state index contributed by atoms with van der Waals surface area (Å²) in [7, 11) is 3.55. The van der Waals surface area contributed by atoms with Crippen molar-refractivity contribution in [1.82, 2.24) is 0 Å². The smallest absolute Gasteiger partial charge is 0.150 e. The summed E-state index contributed by atoms with van der Waals surface area (Å²) in [6.07, 6.45) is 2.02. The van der Waals surface area contributed by atoms with Gasteiger partial charge in [0.05, 0.1) is 23.4 Å². The second kappa shape index (κ2) is 7.14. The van der Waals surface area contributed by atoms with E-state index in [0.29, 0.717) is 16.3 Å². The molecule has 0 unspecified atom stereocenters. The average molecular weight is 389 g/mol. The molecule has 4 N–H and O–H groups in total. The summed E-state index contributed by atoms with van der Waals surface area (Å²) in [6, 6.07) is 1.92. The first-order chi connectivity index (χ1) is 9.10. The minimum atomic E-state index is 0. The number of benzene rings is 1. The zero-order valence-electron chi connectivity index (χ0n) is 11.3. The molecular formula is C12H17ClN5OPd-. The molecular weight excluding hydrogens is 372 g/mol. The van der Waals surface area contributed by atoms with Crippen LogP contribution in [0.15, 0.2) is 11.2 Å². The van der Waals surface area contributed by atoms with Gasteiger partial charge in [0.25, 0.3) is 0 Å². The number of rotatable bonds is 3. The van der Waals surface area contributed by atoms with E-state index in [2.05, 4.69) is 15.5 Å². The molecule has 0 saturated carbocycles. The SMILES string of the molecule is COc1c(Cl)cc2c(c1/C(N)=N/[N-]N)N(C)CCC2.[Pd]. The topological polar surface area (TPSA) is 91.0 Å². The fourth-order valence-corrected chi connectivity index (χ4v) is 2.77. The van der Waals surface area contributed by atoms with Gasteiger partial charge in [-0.1, -0.05) is 11.6 Å². The third-order valence-corrected chi connectivity index (χ3v) is 3.51. The molecule has 1 aromatic carbocycles. The zero-order chi connectivity index (χ0) is 14.0. The predicted molar refractivity (Wildman–Crippen MR) is 77.9 cm³/mol. The van der Waals surface area contributed by atoms with Gasteiger partial charge in [-0.15, -0.1) is 0 Å². The standard InChI is InChI=1S/C12H17ClN5O.Pd/c1-18-5-3-4-7-6-8(13)11(19-2)9(10(7)18)12(14)16-17-15;/h6H,3-5,15H2,1-2H3,(H2,14,16);/q-1;. The number of hydrogen-bond donors (Lipinski definition) is 2. The van der Waals surface area contributed by atoms with Crippen LogP contribution in [0.4, 0.5) is 5.69 Å². The molecule has 1 aliphatic rings. The number of halogens is 1. The second-order valence-corrected chi connectivity index (χ2v) is 4.81. The van der Waals surface area contributed by atoms with Crippen molar-refractivity contribution in [3.8, 4) is 5.75 Å². The van der Waals surface area contributed by atoms with E-state index in [1.807, 2.05) is 13.1 Å². The number of nitrogens with zero attached hydrogens (tertiary/aromatic N) is 3. The summed E-state index contributed by atoms with van der Waals surface area (Å²) in [5.41, 5.74) is 12.0. The van der Waals surface area contributed by atoms with Crippen LogP contribution in [0.25, 0.3) is 5.53 Å². The molecule has 0 radical (unpaired) electrons. The summed E-state index contributed by atoms with van der Waals surface area (Å²) >= 11 is 6.24. The van der Waals surface area contributed by atoms with Crippen molar-refractivity contribution in [2.75, 3.05) is 25.6 Å². The molecule has 0 bridgehead atoms. The van der Waals surface area contributed by atoms with Crippen LogP contribution in [-0.2, 0) is 26.8 Å². The third kappa shape index (κ3) is 3.01. The largest absolute Gasteiger partial charge is 0.541 e. The molecule has 1 aliphatic heterocycles. The summed E-state index contributed by atoms with van der Waals surface area (Å²) in [5, 5.41) is 4.23. The minimum Gasteiger partial charge on any atom is -0.541 e. The summed E-state index contributed by atoms with van der Waals surface area (Å²) in [5.74, 6) is 5.78. The van der Waals surface area contributed by atoms with E-state index in [9.17, 15) is 0 Å². The number of hydrogen-bond acceptors (Lipinski definition) is 4. The maximum Gasteiger partial charge on any atom is 0.150 e. The van der Waals surface area contributed by atoms with Crippen LogP contribution in [0.5, 0.6) is 5.75 Å². The first-order valence-corrected chi connectivity index (χ1v) is 6.32. The zero-order valence-corrected chi connectivity index (χ0v) is 13.6. The van der Waals surface area contributed by atoms with E-state index in [-0.39, 0.29) is 26.3 Å². The molecule has 20 heavy (non-hydrogen) atoms. The molecule has 0 spiro atoms. The number of anilines is 1. The maximum atomic E-state index is 6.24. The summed E-state index contributed by atoms with van der Waals surface area (Å²) < 4.78 is 5.36. The van der Waals surface area contributed by atoms with Crippen LogP contribution in [-0.4, -0.2) is 26.5 Å².